The zero-order chi connectivity index (χ0) is 22.3. The van der Waals surface area contributed by atoms with E-state index < -0.39 is 0 Å². The molecule has 0 aliphatic rings. The van der Waals surface area contributed by atoms with Gasteiger partial charge < -0.3 is 0 Å². The molecule has 0 amide bonds. The second-order valence-electron chi connectivity index (χ2n) is 9.21. The first-order valence-electron chi connectivity index (χ1n) is 11.6. The van der Waals surface area contributed by atoms with Gasteiger partial charge in [-0.3, -0.25) is 0 Å². The molecule has 0 atom stereocenters. The number of hydrogen-bond acceptors (Lipinski definition) is 0. The van der Waals surface area contributed by atoms with Crippen molar-refractivity contribution in [2.24, 2.45) is 13.0 Å². The van der Waals surface area contributed by atoms with Crippen LogP contribution in [0.5, 0.6) is 0 Å². The summed E-state index contributed by atoms with van der Waals surface area (Å²) in [5.41, 5.74) is 7.43. The van der Waals surface area contributed by atoms with Crippen molar-refractivity contribution in [3.63, 3.8) is 0 Å². The minimum atomic E-state index is 0.264. The predicted molar refractivity (Wildman–Crippen MR) is 122 cm³/mol. The fraction of sp³-hybridized carbons (Fsp3) is 0.444. The first kappa shape index (κ1) is 17.9. The van der Waals surface area contributed by atoms with Crippen molar-refractivity contribution in [1.82, 2.24) is 0 Å². The highest BCUT2D eigenvalue weighted by Crippen LogP contribution is 2.35. The summed E-state index contributed by atoms with van der Waals surface area (Å²) in [4.78, 5) is 0. The molecule has 0 spiro atoms. The zero-order valence-corrected chi connectivity index (χ0v) is 18.8. The van der Waals surface area contributed by atoms with Crippen LogP contribution < -0.4 is 4.57 Å². The summed E-state index contributed by atoms with van der Waals surface area (Å²) in [6.45, 7) is 15.6. The van der Waals surface area contributed by atoms with Gasteiger partial charge in [0.05, 0.1) is 12.3 Å². The van der Waals surface area contributed by atoms with E-state index in [2.05, 4.69) is 78.8 Å². The number of nitrogens with zero attached hydrogens (tertiary/aromatic N) is 1. The number of pyridine rings is 1. The van der Waals surface area contributed by atoms with Crippen LogP contribution in [0, 0.1) is 12.8 Å². The molecule has 0 unspecified atom stereocenters. The third-order valence-corrected chi connectivity index (χ3v) is 5.69. The number of rotatable bonds is 5. The van der Waals surface area contributed by atoms with Crippen LogP contribution in [0.25, 0.3) is 22.0 Å². The van der Waals surface area contributed by atoms with Gasteiger partial charge in [-0.2, -0.15) is 0 Å². The Morgan fingerprint density at radius 1 is 0.964 bits per heavy atom. The van der Waals surface area contributed by atoms with Crippen molar-refractivity contribution in [1.29, 1.82) is 0 Å². The molecular formula is C27H36N+. The van der Waals surface area contributed by atoms with Gasteiger partial charge in [-0.05, 0) is 70.9 Å². The van der Waals surface area contributed by atoms with E-state index in [1.54, 1.807) is 0 Å². The molecule has 0 radical (unpaired) electrons. The molecular weight excluding hydrogens is 338 g/mol. The third-order valence-electron chi connectivity index (χ3n) is 5.69. The van der Waals surface area contributed by atoms with Crippen LogP contribution in [0.3, 0.4) is 0 Å². The van der Waals surface area contributed by atoms with Gasteiger partial charge in [0.2, 0.25) is 5.69 Å². The van der Waals surface area contributed by atoms with E-state index in [9.17, 15) is 0 Å². The summed E-state index contributed by atoms with van der Waals surface area (Å²) in [5, 5.41) is 1.94. The Labute approximate surface area is 174 Å². The molecule has 1 heterocycles. The summed E-state index contributed by atoms with van der Waals surface area (Å²) in [6.07, 6.45) is 1.25. The van der Waals surface area contributed by atoms with Gasteiger partial charge in [-0.1, -0.05) is 59.7 Å². The molecule has 3 aromatic rings. The first-order chi connectivity index (χ1) is 14.0. The fourth-order valence-corrected chi connectivity index (χ4v) is 4.14. The lowest BCUT2D eigenvalue weighted by atomic mass is 9.86. The molecule has 0 aliphatic carbocycles. The molecule has 1 heteroatoms. The van der Waals surface area contributed by atoms with E-state index in [1.165, 1.54) is 27.8 Å². The summed E-state index contributed by atoms with van der Waals surface area (Å²) < 4.78 is 19.2. The Balaban J connectivity index is 2.41. The molecule has 0 saturated carbocycles. The van der Waals surface area contributed by atoms with Crippen LogP contribution in [0.15, 0.2) is 42.5 Å². The smallest absolute Gasteiger partial charge is 0.200 e. The molecule has 1 aromatic heterocycles. The summed E-state index contributed by atoms with van der Waals surface area (Å²) in [6, 6.07) is 11.4. The average molecular weight is 377 g/mol. The van der Waals surface area contributed by atoms with Gasteiger partial charge in [-0.15, -0.1) is 0 Å². The highest BCUT2D eigenvalue weighted by molar-refractivity contribution is 5.94. The van der Waals surface area contributed by atoms with Crippen LogP contribution in [0.4, 0.5) is 0 Å². The van der Waals surface area contributed by atoms with E-state index in [-0.39, 0.29) is 6.17 Å². The Morgan fingerprint density at radius 3 is 2.29 bits per heavy atom. The Bertz CT molecular complexity index is 1090. The number of hydrogen-bond donors (Lipinski definition) is 0. The van der Waals surface area contributed by atoms with Gasteiger partial charge >= 0.3 is 0 Å². The monoisotopic (exact) mass is 376 g/mol. The predicted octanol–water partition coefficient (Wildman–Crippen LogP) is 7.09. The quantitative estimate of drug-likeness (QED) is 0.419. The molecule has 28 heavy (non-hydrogen) atoms. The zero-order valence-electron chi connectivity index (χ0n) is 20.8. The summed E-state index contributed by atoms with van der Waals surface area (Å²) in [7, 11) is 1.92. The van der Waals surface area contributed by atoms with Crippen molar-refractivity contribution < 1.29 is 7.31 Å². The molecule has 148 valence electrons. The van der Waals surface area contributed by atoms with E-state index in [0.29, 0.717) is 23.8 Å². The van der Waals surface area contributed by atoms with Crippen LogP contribution in [0.2, 0.25) is 0 Å². The number of fused-ring (bicyclic) bond motifs is 1. The molecule has 0 saturated heterocycles. The number of aromatic nitrogens is 1. The maximum Gasteiger partial charge on any atom is 0.220 e. The average Bonchev–Trinajstić information content (AvgIpc) is 2.67. The third kappa shape index (κ3) is 3.99. The standard InChI is InChI=1S/C27H36N/c1-17(2)13-21-9-10-24-22(14-21)11-12-28(8)27(24)26-16-23(18(3)4)15-25(19(5)6)20(26)7/h9-12,14-19H,13H2,1-8H3/q+1/i11D,12D. The van der Waals surface area contributed by atoms with Gasteiger partial charge in [0.1, 0.15) is 8.42 Å². The Hall–Kier alpha value is -2.15. The highest BCUT2D eigenvalue weighted by atomic mass is 14.9. The van der Waals surface area contributed by atoms with E-state index in [1.807, 2.05) is 11.6 Å². The largest absolute Gasteiger partial charge is 0.220 e. The highest BCUT2D eigenvalue weighted by Gasteiger charge is 2.21. The maximum atomic E-state index is 8.65. The van der Waals surface area contributed by atoms with Gasteiger partial charge in [-0.25, -0.2) is 4.57 Å². The maximum absolute atomic E-state index is 8.65. The molecule has 0 aliphatic heterocycles. The van der Waals surface area contributed by atoms with Crippen LogP contribution in [-0.4, -0.2) is 0 Å². The fourth-order valence-electron chi connectivity index (χ4n) is 4.14. The van der Waals surface area contributed by atoms with Crippen LogP contribution in [-0.2, 0) is 13.5 Å². The van der Waals surface area contributed by atoms with Crippen LogP contribution in [0.1, 0.15) is 78.4 Å². The molecule has 0 fully saturated rings. The topological polar surface area (TPSA) is 3.88 Å². The van der Waals surface area contributed by atoms with Crippen LogP contribution >= 0.6 is 0 Å². The number of benzene rings is 2. The normalized spacial score (nSPS) is 13.0. The van der Waals surface area contributed by atoms with Gasteiger partial charge in [0.15, 0.2) is 6.17 Å². The second-order valence-corrected chi connectivity index (χ2v) is 9.21. The molecule has 0 bridgehead atoms. The van der Waals surface area contributed by atoms with E-state index in [0.717, 1.165) is 22.9 Å². The summed E-state index contributed by atoms with van der Waals surface area (Å²) >= 11 is 0. The van der Waals surface area contributed by atoms with Crippen molar-refractivity contribution in [3.05, 3.63) is 64.8 Å². The van der Waals surface area contributed by atoms with Crippen molar-refractivity contribution in [2.75, 3.05) is 0 Å². The van der Waals surface area contributed by atoms with Crippen molar-refractivity contribution >= 4 is 10.8 Å². The van der Waals surface area contributed by atoms with Crippen molar-refractivity contribution in [3.8, 4) is 11.3 Å². The van der Waals surface area contributed by atoms with Crippen molar-refractivity contribution in [2.45, 2.75) is 66.7 Å². The lowest BCUT2D eigenvalue weighted by Gasteiger charge is -2.18. The second kappa shape index (κ2) is 8.07. The molecule has 1 nitrogen and oxygen atoms in total. The van der Waals surface area contributed by atoms with Gasteiger partial charge in [0.25, 0.3) is 0 Å². The van der Waals surface area contributed by atoms with Gasteiger partial charge in [0, 0.05) is 6.04 Å². The molecule has 2 aromatic carbocycles. The minimum absolute atomic E-state index is 0.264. The SMILES string of the molecule is [2H]c1c([2H])[n+](C)c(-c2cc(C(C)C)cc(C(C)C)c2C)c2ccc(CC(C)C)cc12. The Morgan fingerprint density at radius 2 is 1.68 bits per heavy atom. The summed E-state index contributed by atoms with van der Waals surface area (Å²) in [5.74, 6) is 1.43. The van der Waals surface area contributed by atoms with E-state index >= 15 is 0 Å². The lowest BCUT2D eigenvalue weighted by Crippen LogP contribution is -2.31. The van der Waals surface area contributed by atoms with E-state index in [4.69, 9.17) is 2.74 Å². The molecule has 0 N–H and O–H groups in total. The first-order valence-corrected chi connectivity index (χ1v) is 10.6. The minimum Gasteiger partial charge on any atom is -0.200 e. The molecule has 3 rings (SSSR count). The lowest BCUT2D eigenvalue weighted by molar-refractivity contribution is -0.659. The Kier molecular flexibility index (Phi) is 5.16.